The fourth-order valence-corrected chi connectivity index (χ4v) is 9.04. The number of benzene rings is 9. The van der Waals surface area contributed by atoms with Crippen molar-refractivity contribution in [3.63, 3.8) is 0 Å². The van der Waals surface area contributed by atoms with Crippen molar-refractivity contribution in [2.75, 3.05) is 0 Å². The van der Waals surface area contributed by atoms with E-state index in [1.54, 1.807) is 0 Å². The molecule has 230 valence electrons. The molecule has 0 unspecified atom stereocenters. The van der Waals surface area contributed by atoms with Crippen LogP contribution >= 0.6 is 0 Å². The molecule has 0 saturated heterocycles. The summed E-state index contributed by atoms with van der Waals surface area (Å²) in [7, 11) is 0. The van der Waals surface area contributed by atoms with E-state index in [-0.39, 0.29) is 5.41 Å². The third kappa shape index (κ3) is 3.98. The highest BCUT2D eigenvalue weighted by Gasteiger charge is 2.40. The highest BCUT2D eigenvalue weighted by molar-refractivity contribution is 6.22. The van der Waals surface area contributed by atoms with Gasteiger partial charge in [-0.25, -0.2) is 0 Å². The van der Waals surface area contributed by atoms with Crippen LogP contribution in [0.4, 0.5) is 0 Å². The third-order valence-corrected chi connectivity index (χ3v) is 11.0. The lowest BCUT2D eigenvalue weighted by molar-refractivity contribution is 0.668. The van der Waals surface area contributed by atoms with Gasteiger partial charge in [0, 0.05) is 5.41 Å². The van der Waals surface area contributed by atoms with Gasteiger partial charge in [-0.1, -0.05) is 184 Å². The molecule has 0 N–H and O–H groups in total. The molecule has 0 saturated carbocycles. The van der Waals surface area contributed by atoms with Crippen molar-refractivity contribution in [3.05, 3.63) is 181 Å². The van der Waals surface area contributed by atoms with Gasteiger partial charge in [0.25, 0.3) is 0 Å². The van der Waals surface area contributed by atoms with E-state index < -0.39 is 0 Å². The summed E-state index contributed by atoms with van der Waals surface area (Å²) in [5.74, 6) is 0. The first-order valence-electron chi connectivity index (χ1n) is 17.3. The predicted molar refractivity (Wildman–Crippen MR) is 210 cm³/mol. The van der Waals surface area contributed by atoms with E-state index in [1.807, 2.05) is 0 Å². The molecule has 0 spiro atoms. The minimum Gasteiger partial charge on any atom is -0.0622 e. The van der Waals surface area contributed by atoms with Gasteiger partial charge in [-0.2, -0.15) is 0 Å². The molecule has 1 aliphatic rings. The Bertz CT molecular complexity index is 2710. The quantitative estimate of drug-likeness (QED) is 0.136. The zero-order valence-corrected chi connectivity index (χ0v) is 27.7. The van der Waals surface area contributed by atoms with E-state index >= 15 is 0 Å². The van der Waals surface area contributed by atoms with Crippen LogP contribution < -0.4 is 0 Å². The SMILES string of the molecule is CC1(C)c2c(-c3ccc(-c4c5ccccc5c(-c5ccccc5)c5ccccc45)cc3)cccc2-c2c1c1ccccc1c1ccccc21. The molecule has 1 aliphatic carbocycles. The highest BCUT2D eigenvalue weighted by atomic mass is 14.4. The van der Waals surface area contributed by atoms with Crippen molar-refractivity contribution < 1.29 is 0 Å². The van der Waals surface area contributed by atoms with E-state index in [9.17, 15) is 0 Å². The van der Waals surface area contributed by atoms with Crippen LogP contribution in [0.5, 0.6) is 0 Å². The minimum atomic E-state index is -0.163. The van der Waals surface area contributed by atoms with Crippen molar-refractivity contribution in [1.82, 2.24) is 0 Å². The van der Waals surface area contributed by atoms with E-state index in [0.29, 0.717) is 0 Å². The third-order valence-electron chi connectivity index (χ3n) is 11.0. The van der Waals surface area contributed by atoms with Gasteiger partial charge in [-0.3, -0.25) is 0 Å². The van der Waals surface area contributed by atoms with Crippen molar-refractivity contribution in [1.29, 1.82) is 0 Å². The number of hydrogen-bond donors (Lipinski definition) is 0. The second kappa shape index (κ2) is 10.5. The summed E-state index contributed by atoms with van der Waals surface area (Å²) >= 11 is 0. The minimum absolute atomic E-state index is 0.163. The van der Waals surface area contributed by atoms with Crippen molar-refractivity contribution in [2.45, 2.75) is 19.3 Å². The number of fused-ring (bicyclic) bond motifs is 10. The predicted octanol–water partition coefficient (Wildman–Crippen LogP) is 13.6. The Morgan fingerprint density at radius 1 is 0.265 bits per heavy atom. The van der Waals surface area contributed by atoms with E-state index in [4.69, 9.17) is 0 Å². The van der Waals surface area contributed by atoms with Gasteiger partial charge in [0.1, 0.15) is 0 Å². The molecule has 0 aromatic heterocycles. The first-order valence-corrected chi connectivity index (χ1v) is 17.3. The molecule has 0 bridgehead atoms. The molecule has 0 fully saturated rings. The first kappa shape index (κ1) is 28.1. The van der Waals surface area contributed by atoms with E-state index in [1.165, 1.54) is 98.7 Å². The van der Waals surface area contributed by atoms with Gasteiger partial charge in [-0.05, 0) is 98.7 Å². The monoisotopic (exact) mass is 622 g/mol. The van der Waals surface area contributed by atoms with Gasteiger partial charge < -0.3 is 0 Å². The summed E-state index contributed by atoms with van der Waals surface area (Å²) in [6, 6.07) is 62.8. The molecule has 0 amide bonds. The standard InChI is InChI=1S/C49H34/c1-49(2)47-34(25-14-26-43(47)46-37-19-8-6-17-35(37)36-18-7-13-24-42(36)48(46)49)31-27-29-33(30-28-31)45-40-22-11-9-20-38(40)44(32-15-4-3-5-16-32)39-21-10-12-23-41(39)45/h3-30H,1-2H3. The van der Waals surface area contributed by atoms with Crippen molar-refractivity contribution in [3.8, 4) is 44.5 Å². The Morgan fingerprint density at radius 3 is 1.20 bits per heavy atom. The van der Waals surface area contributed by atoms with Crippen LogP contribution in [0.2, 0.25) is 0 Å². The maximum Gasteiger partial charge on any atom is 0.0171 e. The molecule has 9 aromatic carbocycles. The molecule has 49 heavy (non-hydrogen) atoms. The molecule has 0 radical (unpaired) electrons. The molecule has 0 aliphatic heterocycles. The van der Waals surface area contributed by atoms with Crippen LogP contribution in [0.15, 0.2) is 170 Å². The van der Waals surface area contributed by atoms with Gasteiger partial charge >= 0.3 is 0 Å². The Hall–Kier alpha value is -5.98. The van der Waals surface area contributed by atoms with Crippen molar-refractivity contribution >= 4 is 43.1 Å². The fraction of sp³-hybridized carbons (Fsp3) is 0.0612. The molecule has 0 atom stereocenters. The second-order valence-corrected chi connectivity index (χ2v) is 14.0. The zero-order chi connectivity index (χ0) is 32.7. The molecule has 0 heteroatoms. The van der Waals surface area contributed by atoms with Crippen molar-refractivity contribution in [2.24, 2.45) is 0 Å². The number of rotatable bonds is 3. The maximum absolute atomic E-state index is 2.42. The Kier molecular flexibility index (Phi) is 6.02. The molecule has 0 nitrogen and oxygen atoms in total. The Labute approximate surface area is 286 Å². The second-order valence-electron chi connectivity index (χ2n) is 14.0. The Morgan fingerprint density at radius 2 is 0.653 bits per heavy atom. The maximum atomic E-state index is 2.42. The summed E-state index contributed by atoms with van der Waals surface area (Å²) in [5.41, 5.74) is 13.1. The van der Waals surface area contributed by atoms with E-state index in [0.717, 1.165) is 0 Å². The normalized spacial score (nSPS) is 13.3. The largest absolute Gasteiger partial charge is 0.0622 e. The summed E-state index contributed by atoms with van der Waals surface area (Å²) in [6.45, 7) is 4.84. The molecular formula is C49H34. The summed E-state index contributed by atoms with van der Waals surface area (Å²) < 4.78 is 0. The molecule has 9 aromatic rings. The van der Waals surface area contributed by atoms with Crippen LogP contribution in [0, 0.1) is 0 Å². The number of hydrogen-bond acceptors (Lipinski definition) is 0. The van der Waals surface area contributed by atoms with Crippen LogP contribution in [0.3, 0.4) is 0 Å². The lowest BCUT2D eigenvalue weighted by atomic mass is 9.76. The fourth-order valence-electron chi connectivity index (χ4n) is 9.04. The van der Waals surface area contributed by atoms with E-state index in [2.05, 4.69) is 184 Å². The molecule has 0 heterocycles. The average Bonchev–Trinajstić information content (AvgIpc) is 3.41. The smallest absolute Gasteiger partial charge is 0.0171 e. The summed E-state index contributed by atoms with van der Waals surface area (Å²) in [6.07, 6.45) is 0. The van der Waals surface area contributed by atoms with Crippen LogP contribution in [0.25, 0.3) is 87.6 Å². The molecule has 10 rings (SSSR count). The molecular weight excluding hydrogens is 589 g/mol. The lowest BCUT2D eigenvalue weighted by Crippen LogP contribution is -2.17. The Balaban J connectivity index is 1.18. The summed E-state index contributed by atoms with van der Waals surface area (Å²) in [4.78, 5) is 0. The summed E-state index contributed by atoms with van der Waals surface area (Å²) in [5, 5.41) is 10.5. The van der Waals surface area contributed by atoms with Crippen LogP contribution in [0.1, 0.15) is 25.0 Å². The zero-order valence-electron chi connectivity index (χ0n) is 27.7. The average molecular weight is 623 g/mol. The van der Waals surface area contributed by atoms with Gasteiger partial charge in [-0.15, -0.1) is 0 Å². The topological polar surface area (TPSA) is 0 Å². The van der Waals surface area contributed by atoms with Crippen LogP contribution in [-0.2, 0) is 5.41 Å². The van der Waals surface area contributed by atoms with Crippen LogP contribution in [-0.4, -0.2) is 0 Å². The van der Waals surface area contributed by atoms with Gasteiger partial charge in [0.15, 0.2) is 0 Å². The lowest BCUT2D eigenvalue weighted by Gasteiger charge is -2.26. The first-order chi connectivity index (χ1) is 24.1. The van der Waals surface area contributed by atoms with Gasteiger partial charge in [0.2, 0.25) is 0 Å². The highest BCUT2D eigenvalue weighted by Crippen LogP contribution is 2.57. The van der Waals surface area contributed by atoms with Gasteiger partial charge in [0.05, 0.1) is 0 Å².